The fourth-order valence-corrected chi connectivity index (χ4v) is 1.64. The van der Waals surface area contributed by atoms with Crippen LogP contribution in [-0.2, 0) is 14.3 Å². The summed E-state index contributed by atoms with van der Waals surface area (Å²) in [6, 6.07) is -1.14. The molecule has 0 aliphatic carbocycles. The molecule has 16 heavy (non-hydrogen) atoms. The Morgan fingerprint density at radius 1 is 1.62 bits per heavy atom. The molecule has 1 aliphatic heterocycles. The lowest BCUT2D eigenvalue weighted by atomic mass is 10.1. The summed E-state index contributed by atoms with van der Waals surface area (Å²) in [6.07, 6.45) is 0. The Balaban J connectivity index is 2.71. The second kappa shape index (κ2) is 5.81. The minimum atomic E-state index is -0.588. The SMILES string of the molecule is CCNC(=O)C1COCCN1C(=O)[C@H](C)N. The van der Waals surface area contributed by atoms with Crippen LogP contribution in [0.1, 0.15) is 13.8 Å². The normalized spacial score (nSPS) is 22.7. The summed E-state index contributed by atoms with van der Waals surface area (Å²) in [6.45, 7) is 5.10. The van der Waals surface area contributed by atoms with Gasteiger partial charge < -0.3 is 20.7 Å². The quantitative estimate of drug-likeness (QED) is 0.630. The molecule has 0 aromatic heterocycles. The highest BCUT2D eigenvalue weighted by Crippen LogP contribution is 2.08. The maximum Gasteiger partial charge on any atom is 0.245 e. The summed E-state index contributed by atoms with van der Waals surface area (Å²) in [4.78, 5) is 25.0. The van der Waals surface area contributed by atoms with E-state index in [0.29, 0.717) is 19.7 Å². The molecule has 1 saturated heterocycles. The van der Waals surface area contributed by atoms with Crippen molar-refractivity contribution in [1.29, 1.82) is 0 Å². The van der Waals surface area contributed by atoms with Gasteiger partial charge in [-0.05, 0) is 13.8 Å². The van der Waals surface area contributed by atoms with Gasteiger partial charge in [-0.25, -0.2) is 0 Å². The Bertz CT molecular complexity index is 268. The van der Waals surface area contributed by atoms with Crippen molar-refractivity contribution >= 4 is 11.8 Å². The third-order valence-corrected chi connectivity index (χ3v) is 2.45. The van der Waals surface area contributed by atoms with Crippen molar-refractivity contribution in [3.63, 3.8) is 0 Å². The van der Waals surface area contributed by atoms with E-state index in [2.05, 4.69) is 5.32 Å². The number of rotatable bonds is 3. The Morgan fingerprint density at radius 2 is 2.31 bits per heavy atom. The summed E-state index contributed by atoms with van der Waals surface area (Å²) in [5.74, 6) is -0.393. The van der Waals surface area contributed by atoms with Crippen LogP contribution in [0.25, 0.3) is 0 Å². The Kier molecular flexibility index (Phi) is 4.70. The highest BCUT2D eigenvalue weighted by Gasteiger charge is 2.33. The molecule has 1 heterocycles. The van der Waals surface area contributed by atoms with Gasteiger partial charge in [0, 0.05) is 13.1 Å². The predicted molar refractivity (Wildman–Crippen MR) is 58.7 cm³/mol. The van der Waals surface area contributed by atoms with Gasteiger partial charge in [0.1, 0.15) is 6.04 Å². The molecule has 2 amide bonds. The third-order valence-electron chi connectivity index (χ3n) is 2.45. The van der Waals surface area contributed by atoms with Crippen molar-refractivity contribution in [3.8, 4) is 0 Å². The van der Waals surface area contributed by atoms with E-state index in [4.69, 9.17) is 10.5 Å². The van der Waals surface area contributed by atoms with Crippen molar-refractivity contribution < 1.29 is 14.3 Å². The lowest BCUT2D eigenvalue weighted by Crippen LogP contribution is -2.58. The van der Waals surface area contributed by atoms with Crippen LogP contribution in [-0.4, -0.2) is 55.1 Å². The minimum absolute atomic E-state index is 0.184. The van der Waals surface area contributed by atoms with Gasteiger partial charge in [-0.1, -0.05) is 0 Å². The highest BCUT2D eigenvalue weighted by atomic mass is 16.5. The molecule has 3 N–H and O–H groups in total. The van der Waals surface area contributed by atoms with E-state index in [1.165, 1.54) is 4.90 Å². The number of hydrogen-bond donors (Lipinski definition) is 2. The first-order valence-electron chi connectivity index (χ1n) is 5.49. The molecule has 6 nitrogen and oxygen atoms in total. The van der Waals surface area contributed by atoms with Gasteiger partial charge in [0.25, 0.3) is 0 Å². The van der Waals surface area contributed by atoms with E-state index in [0.717, 1.165) is 0 Å². The van der Waals surface area contributed by atoms with Gasteiger partial charge in [-0.3, -0.25) is 9.59 Å². The van der Waals surface area contributed by atoms with Gasteiger partial charge in [0.2, 0.25) is 11.8 Å². The molecule has 0 aromatic rings. The van der Waals surface area contributed by atoms with Crippen LogP contribution in [0.15, 0.2) is 0 Å². The molecule has 0 saturated carbocycles. The van der Waals surface area contributed by atoms with Crippen molar-refractivity contribution in [2.45, 2.75) is 25.9 Å². The zero-order valence-electron chi connectivity index (χ0n) is 9.73. The largest absolute Gasteiger partial charge is 0.377 e. The molecule has 0 radical (unpaired) electrons. The van der Waals surface area contributed by atoms with Crippen LogP contribution in [0.2, 0.25) is 0 Å². The molecule has 6 heteroatoms. The van der Waals surface area contributed by atoms with E-state index in [1.54, 1.807) is 6.92 Å². The molecule has 1 aliphatic rings. The van der Waals surface area contributed by atoms with E-state index < -0.39 is 12.1 Å². The van der Waals surface area contributed by atoms with E-state index >= 15 is 0 Å². The van der Waals surface area contributed by atoms with Crippen LogP contribution in [0, 0.1) is 0 Å². The van der Waals surface area contributed by atoms with Crippen molar-refractivity contribution in [3.05, 3.63) is 0 Å². The average molecular weight is 229 g/mol. The van der Waals surface area contributed by atoms with E-state index in [9.17, 15) is 9.59 Å². The molecule has 92 valence electrons. The number of morpholine rings is 1. The Morgan fingerprint density at radius 3 is 2.88 bits per heavy atom. The number of nitrogens with one attached hydrogen (secondary N) is 1. The molecule has 1 unspecified atom stereocenters. The number of ether oxygens (including phenoxy) is 1. The first-order chi connectivity index (χ1) is 7.57. The number of likely N-dealkylation sites (N-methyl/N-ethyl adjacent to an activating group) is 1. The van der Waals surface area contributed by atoms with Crippen molar-refractivity contribution in [1.82, 2.24) is 10.2 Å². The summed E-state index contributed by atoms with van der Waals surface area (Å²) >= 11 is 0. The van der Waals surface area contributed by atoms with Crippen LogP contribution < -0.4 is 11.1 Å². The number of amides is 2. The predicted octanol–water partition coefficient (Wildman–Crippen LogP) is -1.30. The Hall–Kier alpha value is -1.14. The number of nitrogens with zero attached hydrogens (tertiary/aromatic N) is 1. The van der Waals surface area contributed by atoms with E-state index in [1.807, 2.05) is 6.92 Å². The monoisotopic (exact) mass is 229 g/mol. The fraction of sp³-hybridized carbons (Fsp3) is 0.800. The molecule has 2 atom stereocenters. The summed E-state index contributed by atoms with van der Waals surface area (Å²) in [7, 11) is 0. The summed E-state index contributed by atoms with van der Waals surface area (Å²) in [5.41, 5.74) is 5.54. The molecule has 0 bridgehead atoms. The van der Waals surface area contributed by atoms with Crippen LogP contribution in [0.3, 0.4) is 0 Å². The zero-order valence-corrected chi connectivity index (χ0v) is 9.73. The lowest BCUT2D eigenvalue weighted by Gasteiger charge is -2.35. The number of nitrogens with two attached hydrogens (primary N) is 1. The molecule has 1 rings (SSSR count). The van der Waals surface area contributed by atoms with Crippen LogP contribution in [0.5, 0.6) is 0 Å². The standard InChI is InChI=1S/C10H19N3O3/c1-3-12-9(14)8-6-16-5-4-13(8)10(15)7(2)11/h7-8H,3-6,11H2,1-2H3,(H,12,14)/t7-,8?/m0/s1. The summed E-state index contributed by atoms with van der Waals surface area (Å²) < 4.78 is 5.21. The van der Waals surface area contributed by atoms with E-state index in [-0.39, 0.29) is 18.4 Å². The molecular formula is C10H19N3O3. The van der Waals surface area contributed by atoms with Gasteiger partial charge >= 0.3 is 0 Å². The second-order valence-electron chi connectivity index (χ2n) is 3.81. The topological polar surface area (TPSA) is 84.7 Å². The number of carbonyl (C=O) groups is 2. The zero-order chi connectivity index (χ0) is 12.1. The van der Waals surface area contributed by atoms with Gasteiger partial charge in [-0.2, -0.15) is 0 Å². The Labute approximate surface area is 95.1 Å². The van der Waals surface area contributed by atoms with Gasteiger partial charge in [0.05, 0.1) is 19.3 Å². The maximum absolute atomic E-state index is 11.8. The highest BCUT2D eigenvalue weighted by molar-refractivity contribution is 5.89. The molecule has 0 spiro atoms. The molecule has 1 fully saturated rings. The van der Waals surface area contributed by atoms with Gasteiger partial charge in [0.15, 0.2) is 0 Å². The van der Waals surface area contributed by atoms with Crippen LogP contribution >= 0.6 is 0 Å². The molecule has 0 aromatic carbocycles. The fourth-order valence-electron chi connectivity index (χ4n) is 1.64. The summed E-state index contributed by atoms with van der Waals surface area (Å²) in [5, 5.41) is 2.69. The van der Waals surface area contributed by atoms with Crippen molar-refractivity contribution in [2.24, 2.45) is 5.73 Å². The first kappa shape index (κ1) is 12.9. The maximum atomic E-state index is 11.8. The lowest BCUT2D eigenvalue weighted by molar-refractivity contribution is -0.149. The number of carbonyl (C=O) groups excluding carboxylic acids is 2. The van der Waals surface area contributed by atoms with Crippen LogP contribution in [0.4, 0.5) is 0 Å². The van der Waals surface area contributed by atoms with Gasteiger partial charge in [-0.15, -0.1) is 0 Å². The van der Waals surface area contributed by atoms with Crippen molar-refractivity contribution in [2.75, 3.05) is 26.3 Å². The average Bonchev–Trinajstić information content (AvgIpc) is 2.28. The minimum Gasteiger partial charge on any atom is -0.377 e. The number of hydrogen-bond acceptors (Lipinski definition) is 4. The second-order valence-corrected chi connectivity index (χ2v) is 3.81. The third kappa shape index (κ3) is 2.93. The first-order valence-corrected chi connectivity index (χ1v) is 5.49. The smallest absolute Gasteiger partial charge is 0.245 e. The molecular weight excluding hydrogens is 210 g/mol.